The molecule has 34 heavy (non-hydrogen) atoms. The molecule has 0 bridgehead atoms. The van der Waals surface area contributed by atoms with E-state index < -0.39 is 7.26 Å². The van der Waals surface area contributed by atoms with Crippen LogP contribution in [0.2, 0.25) is 0 Å². The van der Waals surface area contributed by atoms with Crippen molar-refractivity contribution in [2.45, 2.75) is 128 Å². The second-order valence-corrected chi connectivity index (χ2v) is 14.7. The Kier molecular flexibility index (Phi) is 32.2. The highest BCUT2D eigenvalue weighted by Crippen LogP contribution is 2.61. The number of unbranched alkanes of at least 4 members (excludes halogenated alkanes) is 16. The molecule has 0 spiro atoms. The molecule has 0 atom stereocenters. The molecule has 4 N–H and O–H groups in total. The zero-order valence-corrected chi connectivity index (χ0v) is 24.1. The SMILES string of the molecule is OCCCCCCC[P+](CCCCCCCO)(CCCCCCCO)CCCCCCCO.[Cl-]. The van der Waals surface area contributed by atoms with Crippen molar-refractivity contribution >= 4 is 7.26 Å². The summed E-state index contributed by atoms with van der Waals surface area (Å²) in [5.41, 5.74) is 0. The lowest BCUT2D eigenvalue weighted by Gasteiger charge is -2.28. The minimum Gasteiger partial charge on any atom is -1.00 e. The summed E-state index contributed by atoms with van der Waals surface area (Å²) in [5, 5.41) is 36.2. The fourth-order valence-corrected chi connectivity index (χ4v) is 9.95. The van der Waals surface area contributed by atoms with Crippen LogP contribution in [0.1, 0.15) is 128 Å². The Balaban J connectivity index is 0. The molecule has 0 aliphatic heterocycles. The molecule has 0 unspecified atom stereocenters. The van der Waals surface area contributed by atoms with Gasteiger partial charge in [0.15, 0.2) is 0 Å². The van der Waals surface area contributed by atoms with E-state index in [1.807, 2.05) is 0 Å². The van der Waals surface area contributed by atoms with Crippen molar-refractivity contribution in [1.29, 1.82) is 0 Å². The lowest BCUT2D eigenvalue weighted by atomic mass is 10.1. The summed E-state index contributed by atoms with van der Waals surface area (Å²) in [6.07, 6.45) is 30.2. The van der Waals surface area contributed by atoms with Crippen molar-refractivity contribution in [3.05, 3.63) is 0 Å². The van der Waals surface area contributed by atoms with E-state index in [4.69, 9.17) is 20.4 Å². The van der Waals surface area contributed by atoms with Gasteiger partial charge in [-0.05, 0) is 77.0 Å². The predicted octanol–water partition coefficient (Wildman–Crippen LogP) is 3.78. The van der Waals surface area contributed by atoms with Crippen LogP contribution >= 0.6 is 7.26 Å². The van der Waals surface area contributed by atoms with Crippen LogP contribution in [0, 0.1) is 0 Å². The topological polar surface area (TPSA) is 80.9 Å². The first-order valence-corrected chi connectivity index (χ1v) is 17.1. The normalized spacial score (nSPS) is 11.6. The van der Waals surface area contributed by atoms with Gasteiger partial charge in [0.05, 0.1) is 24.6 Å². The van der Waals surface area contributed by atoms with Crippen LogP contribution in [0.15, 0.2) is 0 Å². The molecule has 0 radical (unpaired) electrons. The molecule has 6 heteroatoms. The van der Waals surface area contributed by atoms with Gasteiger partial charge in [-0.25, -0.2) is 0 Å². The van der Waals surface area contributed by atoms with Gasteiger partial charge in [0, 0.05) is 33.7 Å². The van der Waals surface area contributed by atoms with Crippen LogP contribution in [0.3, 0.4) is 0 Å². The Hall–Kier alpha value is 0.560. The first-order chi connectivity index (χ1) is 16.2. The first kappa shape index (κ1) is 36.7. The number of halogens is 1. The van der Waals surface area contributed by atoms with Crippen molar-refractivity contribution in [3.8, 4) is 0 Å². The molecule has 0 aliphatic carbocycles. The van der Waals surface area contributed by atoms with E-state index in [0.717, 1.165) is 25.7 Å². The lowest BCUT2D eigenvalue weighted by molar-refractivity contribution is -0.0000117. The van der Waals surface area contributed by atoms with Gasteiger partial charge in [-0.15, -0.1) is 0 Å². The Morgan fingerprint density at radius 1 is 0.265 bits per heavy atom. The van der Waals surface area contributed by atoms with Crippen LogP contribution in [0.4, 0.5) is 0 Å². The molecule has 4 nitrogen and oxygen atoms in total. The van der Waals surface area contributed by atoms with Gasteiger partial charge < -0.3 is 32.8 Å². The van der Waals surface area contributed by atoms with Gasteiger partial charge >= 0.3 is 0 Å². The van der Waals surface area contributed by atoms with Gasteiger partial charge in [0.25, 0.3) is 0 Å². The number of hydrogen-bond acceptors (Lipinski definition) is 4. The predicted molar refractivity (Wildman–Crippen MR) is 147 cm³/mol. The highest BCUT2D eigenvalue weighted by Gasteiger charge is 2.34. The van der Waals surface area contributed by atoms with Crippen LogP contribution < -0.4 is 12.4 Å². The highest BCUT2D eigenvalue weighted by atomic mass is 35.5. The number of rotatable bonds is 28. The van der Waals surface area contributed by atoms with E-state index in [9.17, 15) is 0 Å². The third kappa shape index (κ3) is 24.3. The number of hydrogen-bond donors (Lipinski definition) is 4. The smallest absolute Gasteiger partial charge is 0.0594 e. The Labute approximate surface area is 219 Å². The van der Waals surface area contributed by atoms with Crippen LogP contribution in [-0.2, 0) is 0 Å². The van der Waals surface area contributed by atoms with Crippen molar-refractivity contribution in [1.82, 2.24) is 0 Å². The van der Waals surface area contributed by atoms with Gasteiger partial charge in [-0.2, -0.15) is 0 Å². The van der Waals surface area contributed by atoms with Crippen LogP contribution in [-0.4, -0.2) is 71.5 Å². The average molecular weight is 527 g/mol. The van der Waals surface area contributed by atoms with E-state index in [1.54, 1.807) is 0 Å². The second kappa shape index (κ2) is 29.8. The Morgan fingerprint density at radius 3 is 0.647 bits per heavy atom. The quantitative estimate of drug-likeness (QED) is 0.0923. The lowest BCUT2D eigenvalue weighted by Crippen LogP contribution is -3.00. The minimum absolute atomic E-state index is 0. The molecule has 0 aliphatic rings. The van der Waals surface area contributed by atoms with E-state index in [-0.39, 0.29) is 12.4 Å². The molecular weight excluding hydrogens is 467 g/mol. The molecule has 0 fully saturated rings. The van der Waals surface area contributed by atoms with E-state index in [1.165, 1.54) is 127 Å². The molecule has 0 aromatic heterocycles. The summed E-state index contributed by atoms with van der Waals surface area (Å²) in [4.78, 5) is 0. The van der Waals surface area contributed by atoms with Crippen molar-refractivity contribution < 1.29 is 32.8 Å². The maximum atomic E-state index is 9.04. The molecular formula is C28H60ClO4P. The summed E-state index contributed by atoms with van der Waals surface area (Å²) in [7, 11) is -0.916. The maximum Gasteiger partial charge on any atom is 0.0594 e. The average Bonchev–Trinajstić information content (AvgIpc) is 2.83. The first-order valence-electron chi connectivity index (χ1n) is 14.5. The standard InChI is InChI=1S/C28H60O4P.ClH/c29-21-13-5-1-9-17-25-33(26-18-10-2-6-14-22-30,27-19-11-3-7-15-23-31)28-20-12-4-8-16-24-32;/h29-32H,1-28H2;1H/q+1;/p-1. The van der Waals surface area contributed by atoms with Gasteiger partial charge in [0.2, 0.25) is 0 Å². The highest BCUT2D eigenvalue weighted by molar-refractivity contribution is 7.75. The van der Waals surface area contributed by atoms with Crippen LogP contribution in [0.5, 0.6) is 0 Å². The second-order valence-electron chi connectivity index (χ2n) is 10.2. The van der Waals surface area contributed by atoms with Crippen molar-refractivity contribution in [2.75, 3.05) is 51.1 Å². The zero-order chi connectivity index (χ0) is 24.3. The van der Waals surface area contributed by atoms with Gasteiger partial charge in [-0.1, -0.05) is 51.4 Å². The Bertz CT molecular complexity index is 305. The largest absolute Gasteiger partial charge is 1.00 e. The molecule has 208 valence electrons. The third-order valence-corrected chi connectivity index (χ3v) is 12.2. The fourth-order valence-electron chi connectivity index (χ4n) is 5.03. The monoisotopic (exact) mass is 526 g/mol. The van der Waals surface area contributed by atoms with E-state index in [2.05, 4.69) is 0 Å². The summed E-state index contributed by atoms with van der Waals surface area (Å²) in [5.74, 6) is 0. The molecule has 0 heterocycles. The summed E-state index contributed by atoms with van der Waals surface area (Å²) >= 11 is 0. The molecule has 0 amide bonds. The number of aliphatic hydroxyl groups is 4. The molecule has 0 aromatic rings. The molecule has 0 rings (SSSR count). The molecule has 0 saturated heterocycles. The Morgan fingerprint density at radius 2 is 0.441 bits per heavy atom. The van der Waals surface area contributed by atoms with Crippen molar-refractivity contribution in [3.63, 3.8) is 0 Å². The maximum absolute atomic E-state index is 9.04. The van der Waals surface area contributed by atoms with Crippen LogP contribution in [0.25, 0.3) is 0 Å². The summed E-state index contributed by atoms with van der Waals surface area (Å²) in [6.45, 7) is 1.33. The van der Waals surface area contributed by atoms with Crippen molar-refractivity contribution in [2.24, 2.45) is 0 Å². The van der Waals surface area contributed by atoms with Gasteiger partial charge in [0.1, 0.15) is 0 Å². The van der Waals surface area contributed by atoms with E-state index in [0.29, 0.717) is 26.4 Å². The summed E-state index contributed by atoms with van der Waals surface area (Å²) < 4.78 is 0. The third-order valence-electron chi connectivity index (χ3n) is 7.16. The fraction of sp³-hybridized carbons (Fsp3) is 1.00. The van der Waals surface area contributed by atoms with Gasteiger partial charge in [-0.3, -0.25) is 0 Å². The minimum atomic E-state index is -0.916. The van der Waals surface area contributed by atoms with E-state index >= 15 is 0 Å². The number of aliphatic hydroxyl groups excluding tert-OH is 4. The zero-order valence-electron chi connectivity index (χ0n) is 22.4. The summed E-state index contributed by atoms with van der Waals surface area (Å²) in [6, 6.07) is 0. The molecule has 0 saturated carbocycles. The molecule has 0 aromatic carbocycles.